The number of benzene rings is 2. The molecule has 1 spiro atoms. The molecule has 9 heteroatoms. The second kappa shape index (κ2) is 9.01. The summed E-state index contributed by atoms with van der Waals surface area (Å²) in [5.74, 6) is 1.53. The summed E-state index contributed by atoms with van der Waals surface area (Å²) in [5.41, 5.74) is 3.18. The van der Waals surface area contributed by atoms with Gasteiger partial charge in [0.15, 0.2) is 6.79 Å². The van der Waals surface area contributed by atoms with Crippen LogP contribution in [0.25, 0.3) is 22.2 Å². The third-order valence-corrected chi connectivity index (χ3v) is 7.77. The van der Waals surface area contributed by atoms with Gasteiger partial charge in [-0.15, -0.1) is 10.2 Å². The van der Waals surface area contributed by atoms with Crippen molar-refractivity contribution < 1.29 is 24.1 Å². The van der Waals surface area contributed by atoms with Crippen molar-refractivity contribution >= 4 is 22.7 Å². The molecule has 3 heterocycles. The van der Waals surface area contributed by atoms with E-state index in [1.54, 1.807) is 12.0 Å². The Labute approximate surface area is 222 Å². The van der Waals surface area contributed by atoms with Gasteiger partial charge in [0, 0.05) is 43.1 Å². The van der Waals surface area contributed by atoms with Crippen LogP contribution >= 0.6 is 0 Å². The summed E-state index contributed by atoms with van der Waals surface area (Å²) in [6.07, 6.45) is 1.53. The molecule has 2 aliphatic heterocycles. The Morgan fingerprint density at radius 2 is 1.84 bits per heavy atom. The highest BCUT2D eigenvalue weighted by Crippen LogP contribution is 2.54. The Bertz CT molecular complexity index is 1380. The lowest BCUT2D eigenvalue weighted by molar-refractivity contribution is -0.121. The number of hydrogen-bond donors (Lipinski definition) is 1. The minimum Gasteiger partial charge on any atom is -0.488 e. The molecule has 3 aromatic rings. The molecule has 1 atom stereocenters. The molecule has 1 aliphatic carbocycles. The zero-order valence-corrected chi connectivity index (χ0v) is 22.3. The molecule has 2 aromatic carbocycles. The monoisotopic (exact) mass is 518 g/mol. The largest absolute Gasteiger partial charge is 0.488 e. The highest BCUT2D eigenvalue weighted by molar-refractivity contribution is 5.89. The van der Waals surface area contributed by atoms with Crippen molar-refractivity contribution in [3.63, 3.8) is 0 Å². The maximum Gasteiger partial charge on any atom is 0.407 e. The number of ether oxygens (including phenoxy) is 3. The number of fused-ring (bicyclic) bond motifs is 1. The van der Waals surface area contributed by atoms with Gasteiger partial charge < -0.3 is 29.1 Å². The van der Waals surface area contributed by atoms with Gasteiger partial charge in [-0.25, -0.2) is 4.79 Å². The summed E-state index contributed by atoms with van der Waals surface area (Å²) in [7, 11) is 1.59. The molecule has 1 aromatic heterocycles. The highest BCUT2D eigenvalue weighted by Gasteiger charge is 2.64. The van der Waals surface area contributed by atoms with E-state index in [9.17, 15) is 9.90 Å². The maximum atomic E-state index is 11.8. The van der Waals surface area contributed by atoms with E-state index in [1.807, 2.05) is 30.3 Å². The van der Waals surface area contributed by atoms with Crippen LogP contribution in [-0.4, -0.2) is 72.0 Å². The van der Waals surface area contributed by atoms with Gasteiger partial charge in [0.2, 0.25) is 0 Å². The van der Waals surface area contributed by atoms with Gasteiger partial charge in [0.25, 0.3) is 0 Å². The molecule has 3 aliphatic rings. The molecule has 0 bridgehead atoms. The Hall–Kier alpha value is -3.59. The molecule has 200 valence electrons. The van der Waals surface area contributed by atoms with Crippen molar-refractivity contribution in [3.8, 4) is 22.8 Å². The Morgan fingerprint density at radius 1 is 1.08 bits per heavy atom. The first kappa shape index (κ1) is 24.7. The fourth-order valence-electron chi connectivity index (χ4n) is 6.28. The number of anilines is 1. The summed E-state index contributed by atoms with van der Waals surface area (Å²) in [6.45, 7) is 8.68. The SMILES string of the molecule is COCOc1ccccc1-c1cc2cc(OC3CC3)c(N3CC4(C3)CN(C(=O)O)C4C(C)(C)C)cc2nn1. The fourth-order valence-corrected chi connectivity index (χ4v) is 6.28. The normalized spacial score (nSPS) is 20.3. The number of amides is 1. The van der Waals surface area contributed by atoms with E-state index < -0.39 is 6.09 Å². The van der Waals surface area contributed by atoms with Crippen LogP contribution in [0.4, 0.5) is 10.5 Å². The number of methoxy groups -OCH3 is 1. The first-order valence-electron chi connectivity index (χ1n) is 13.1. The van der Waals surface area contributed by atoms with E-state index in [-0.39, 0.29) is 29.8 Å². The van der Waals surface area contributed by atoms with E-state index in [2.05, 4.69) is 48.0 Å². The Morgan fingerprint density at radius 3 is 2.53 bits per heavy atom. The van der Waals surface area contributed by atoms with Crippen LogP contribution < -0.4 is 14.4 Å². The van der Waals surface area contributed by atoms with Crippen LogP contribution in [0.5, 0.6) is 11.5 Å². The van der Waals surface area contributed by atoms with Crippen molar-refractivity contribution in [1.82, 2.24) is 15.1 Å². The van der Waals surface area contributed by atoms with Gasteiger partial charge in [-0.1, -0.05) is 32.9 Å². The predicted molar refractivity (Wildman–Crippen MR) is 144 cm³/mol. The lowest BCUT2D eigenvalue weighted by atomic mass is 9.58. The number of aromatic nitrogens is 2. The van der Waals surface area contributed by atoms with E-state index >= 15 is 0 Å². The van der Waals surface area contributed by atoms with Crippen molar-refractivity contribution in [2.75, 3.05) is 38.4 Å². The molecule has 1 saturated carbocycles. The van der Waals surface area contributed by atoms with E-state index in [0.29, 0.717) is 18.0 Å². The number of carbonyl (C=O) groups is 1. The quantitative estimate of drug-likeness (QED) is 0.435. The Balaban J connectivity index is 1.31. The average Bonchev–Trinajstić information content (AvgIpc) is 3.64. The molecule has 1 unspecified atom stereocenters. The van der Waals surface area contributed by atoms with E-state index in [1.165, 1.54) is 0 Å². The average molecular weight is 519 g/mol. The van der Waals surface area contributed by atoms with E-state index in [0.717, 1.165) is 53.8 Å². The van der Waals surface area contributed by atoms with Gasteiger partial charge in [-0.3, -0.25) is 0 Å². The number of para-hydroxylation sites is 1. The second-order valence-corrected chi connectivity index (χ2v) is 11.9. The van der Waals surface area contributed by atoms with Gasteiger partial charge >= 0.3 is 6.09 Å². The molecule has 6 rings (SSSR count). The molecule has 1 amide bonds. The third kappa shape index (κ3) is 4.28. The number of nitrogens with zero attached hydrogens (tertiary/aromatic N) is 4. The molecule has 2 saturated heterocycles. The molecular formula is C29H34N4O5. The molecule has 9 nitrogen and oxygen atoms in total. The minimum absolute atomic E-state index is 0.0141. The Kier molecular flexibility index (Phi) is 5.86. The topological polar surface area (TPSA) is 97.2 Å². The predicted octanol–water partition coefficient (Wildman–Crippen LogP) is 5.04. The standard InChI is InChI=1S/C29H34N4O5/c1-28(2,3)26-29(16-33(26)27(34)35)14-32(15-29)23-13-21-18(12-25(23)38-19-9-10-19)11-22(31-30-21)20-7-5-6-8-24(20)37-17-36-4/h5-8,11-13,19,26H,9-10,14-17H2,1-4H3,(H,34,35). The van der Waals surface area contributed by atoms with Crippen LogP contribution in [0.15, 0.2) is 42.5 Å². The fraction of sp³-hybridized carbons (Fsp3) is 0.483. The van der Waals surface area contributed by atoms with E-state index in [4.69, 9.17) is 14.2 Å². The first-order chi connectivity index (χ1) is 18.2. The van der Waals surface area contributed by atoms with Gasteiger partial charge in [-0.05, 0) is 48.6 Å². The van der Waals surface area contributed by atoms with Crippen molar-refractivity contribution in [1.29, 1.82) is 0 Å². The third-order valence-electron chi connectivity index (χ3n) is 7.77. The number of likely N-dealkylation sites (tertiary alicyclic amines) is 1. The number of carboxylic acid groups (broad SMARTS) is 1. The molecular weight excluding hydrogens is 484 g/mol. The summed E-state index contributed by atoms with van der Waals surface area (Å²) < 4.78 is 17.2. The summed E-state index contributed by atoms with van der Waals surface area (Å²) in [4.78, 5) is 15.7. The lowest BCUT2D eigenvalue weighted by Crippen LogP contribution is -2.81. The molecule has 3 fully saturated rings. The van der Waals surface area contributed by atoms with Crippen LogP contribution in [-0.2, 0) is 4.74 Å². The minimum atomic E-state index is -0.835. The lowest BCUT2D eigenvalue weighted by Gasteiger charge is -2.68. The van der Waals surface area contributed by atoms with Crippen LogP contribution in [0.1, 0.15) is 33.6 Å². The maximum absolute atomic E-state index is 11.8. The van der Waals surface area contributed by atoms with Crippen LogP contribution in [0.2, 0.25) is 0 Å². The zero-order valence-electron chi connectivity index (χ0n) is 22.3. The first-order valence-corrected chi connectivity index (χ1v) is 13.1. The van der Waals surface area contributed by atoms with Crippen molar-refractivity contribution in [2.24, 2.45) is 10.8 Å². The molecule has 0 radical (unpaired) electrons. The van der Waals surface area contributed by atoms with Gasteiger partial charge in [0.05, 0.1) is 29.0 Å². The number of hydrogen-bond acceptors (Lipinski definition) is 7. The zero-order chi connectivity index (χ0) is 26.7. The summed E-state index contributed by atoms with van der Waals surface area (Å²) in [6, 6.07) is 13.8. The van der Waals surface area contributed by atoms with Gasteiger partial charge in [-0.2, -0.15) is 0 Å². The highest BCUT2D eigenvalue weighted by atomic mass is 16.7. The smallest absolute Gasteiger partial charge is 0.407 e. The van der Waals surface area contributed by atoms with Gasteiger partial charge in [0.1, 0.15) is 11.5 Å². The summed E-state index contributed by atoms with van der Waals surface area (Å²) in [5, 5.41) is 19.7. The second-order valence-electron chi connectivity index (χ2n) is 11.9. The summed E-state index contributed by atoms with van der Waals surface area (Å²) >= 11 is 0. The van der Waals surface area contributed by atoms with Crippen LogP contribution in [0.3, 0.4) is 0 Å². The molecule has 1 N–H and O–H groups in total. The van der Waals surface area contributed by atoms with Crippen molar-refractivity contribution in [2.45, 2.75) is 45.8 Å². The molecule has 38 heavy (non-hydrogen) atoms. The number of rotatable bonds is 7. The van der Waals surface area contributed by atoms with Crippen LogP contribution in [0, 0.1) is 10.8 Å². The van der Waals surface area contributed by atoms with Crippen molar-refractivity contribution in [3.05, 3.63) is 42.5 Å².